The zero-order valence-corrected chi connectivity index (χ0v) is 11.6. The van der Waals surface area contributed by atoms with Gasteiger partial charge in [-0.15, -0.1) is 0 Å². The monoisotopic (exact) mass is 237 g/mol. The van der Waals surface area contributed by atoms with E-state index in [1.165, 1.54) is 5.56 Å². The van der Waals surface area contributed by atoms with Gasteiger partial charge in [-0.2, -0.15) is 12.6 Å². The Hall–Kier alpha value is -0.470. The fourth-order valence-electron chi connectivity index (χ4n) is 2.61. The van der Waals surface area contributed by atoms with E-state index in [0.29, 0.717) is 11.7 Å². The van der Waals surface area contributed by atoms with Crippen LogP contribution in [0.4, 0.5) is 0 Å². The summed E-state index contributed by atoms with van der Waals surface area (Å²) in [6.45, 7) is 8.79. The maximum atomic E-state index is 6.40. The summed E-state index contributed by atoms with van der Waals surface area (Å²) in [4.78, 5) is 0. The number of rotatable bonds is 3. The average molecular weight is 237 g/mol. The highest BCUT2D eigenvalue weighted by molar-refractivity contribution is 7.80. The van der Waals surface area contributed by atoms with E-state index in [-0.39, 0.29) is 11.0 Å². The summed E-state index contributed by atoms with van der Waals surface area (Å²) in [6, 6.07) is 10.5. The van der Waals surface area contributed by atoms with Crippen molar-refractivity contribution in [2.24, 2.45) is 11.1 Å². The molecule has 1 aromatic carbocycles. The fraction of sp³-hybridized carbons (Fsp3) is 0.571. The van der Waals surface area contributed by atoms with Crippen LogP contribution < -0.4 is 5.73 Å². The smallest absolute Gasteiger partial charge is 0.0289 e. The van der Waals surface area contributed by atoms with E-state index in [4.69, 9.17) is 5.73 Å². The van der Waals surface area contributed by atoms with Gasteiger partial charge in [-0.3, -0.25) is 0 Å². The molecule has 0 aliphatic rings. The van der Waals surface area contributed by atoms with E-state index in [1.54, 1.807) is 0 Å². The van der Waals surface area contributed by atoms with Gasteiger partial charge in [0.05, 0.1) is 0 Å². The van der Waals surface area contributed by atoms with Crippen molar-refractivity contribution in [1.82, 2.24) is 0 Å². The summed E-state index contributed by atoms with van der Waals surface area (Å²) < 4.78 is 0. The fourth-order valence-corrected chi connectivity index (χ4v) is 2.79. The highest BCUT2D eigenvalue weighted by atomic mass is 32.1. The molecule has 0 saturated heterocycles. The third-order valence-corrected chi connectivity index (χ3v) is 3.68. The van der Waals surface area contributed by atoms with Crippen molar-refractivity contribution in [2.75, 3.05) is 5.75 Å². The molecule has 0 amide bonds. The quantitative estimate of drug-likeness (QED) is 0.774. The van der Waals surface area contributed by atoms with E-state index in [2.05, 4.69) is 64.6 Å². The van der Waals surface area contributed by atoms with Crippen LogP contribution >= 0.6 is 12.6 Å². The third-order valence-electron chi connectivity index (χ3n) is 3.00. The van der Waals surface area contributed by atoms with Gasteiger partial charge in [0.1, 0.15) is 0 Å². The Kier molecular flexibility index (Phi) is 4.08. The minimum Gasteiger partial charge on any atom is -0.324 e. The molecule has 90 valence electrons. The Morgan fingerprint density at radius 3 is 2.00 bits per heavy atom. The van der Waals surface area contributed by atoms with Gasteiger partial charge in [0.25, 0.3) is 0 Å². The summed E-state index contributed by atoms with van der Waals surface area (Å²) >= 11 is 4.40. The molecule has 0 fully saturated rings. The first-order valence-electron chi connectivity index (χ1n) is 5.74. The van der Waals surface area contributed by atoms with Crippen molar-refractivity contribution in [3.63, 3.8) is 0 Å². The third kappa shape index (κ3) is 3.02. The molecular weight excluding hydrogens is 214 g/mol. The molecule has 0 saturated carbocycles. The van der Waals surface area contributed by atoms with Crippen LogP contribution in [0.1, 0.15) is 39.2 Å². The Balaban J connectivity index is 3.18. The van der Waals surface area contributed by atoms with Crippen LogP contribution in [-0.2, 0) is 0 Å². The van der Waals surface area contributed by atoms with Crippen molar-refractivity contribution >= 4 is 12.6 Å². The van der Waals surface area contributed by atoms with Crippen molar-refractivity contribution in [1.29, 1.82) is 0 Å². The van der Waals surface area contributed by atoms with Crippen LogP contribution in [-0.4, -0.2) is 11.3 Å². The Morgan fingerprint density at radius 1 is 1.12 bits per heavy atom. The normalized spacial score (nSPS) is 17.9. The van der Waals surface area contributed by atoms with E-state index >= 15 is 0 Å². The molecule has 0 heterocycles. The molecule has 2 unspecified atom stereocenters. The van der Waals surface area contributed by atoms with Gasteiger partial charge in [0, 0.05) is 17.2 Å². The molecule has 1 rings (SSSR count). The summed E-state index contributed by atoms with van der Waals surface area (Å²) in [6.07, 6.45) is 0. The SMILES string of the molecule is CC(C)(C)C(c1ccccc1)C(C)(N)CS. The van der Waals surface area contributed by atoms with Crippen molar-refractivity contribution in [3.05, 3.63) is 35.9 Å². The summed E-state index contributed by atoms with van der Waals surface area (Å²) in [5.74, 6) is 0.989. The number of thiol groups is 1. The standard InChI is InChI=1S/C14H23NS/c1-13(2,3)12(14(4,15)10-16)11-8-6-5-7-9-11/h5-9,12,16H,10,15H2,1-4H3. The van der Waals surface area contributed by atoms with Crippen molar-refractivity contribution < 1.29 is 0 Å². The number of benzene rings is 1. The summed E-state index contributed by atoms with van der Waals surface area (Å²) in [5.41, 5.74) is 7.55. The molecule has 0 bridgehead atoms. The number of hydrogen-bond donors (Lipinski definition) is 2. The zero-order chi connectivity index (χ0) is 12.4. The van der Waals surface area contributed by atoms with Crippen LogP contribution in [0.5, 0.6) is 0 Å². The van der Waals surface area contributed by atoms with Crippen LogP contribution in [0.15, 0.2) is 30.3 Å². The molecule has 1 nitrogen and oxygen atoms in total. The largest absolute Gasteiger partial charge is 0.324 e. The van der Waals surface area contributed by atoms with Crippen LogP contribution in [0.25, 0.3) is 0 Å². The lowest BCUT2D eigenvalue weighted by atomic mass is 9.67. The highest BCUT2D eigenvalue weighted by Gasteiger charge is 2.38. The van der Waals surface area contributed by atoms with Crippen molar-refractivity contribution in [2.45, 2.75) is 39.2 Å². The van der Waals surface area contributed by atoms with Crippen LogP contribution in [0, 0.1) is 5.41 Å². The first-order chi connectivity index (χ1) is 7.29. The maximum absolute atomic E-state index is 6.40. The van der Waals surface area contributed by atoms with Gasteiger partial charge < -0.3 is 5.73 Å². The molecule has 0 aliphatic carbocycles. The molecule has 2 heteroatoms. The second-order valence-electron chi connectivity index (χ2n) is 5.87. The Morgan fingerprint density at radius 2 is 1.62 bits per heavy atom. The Labute approximate surface area is 105 Å². The Bertz CT molecular complexity index is 324. The molecule has 1 aromatic rings. The number of hydrogen-bond acceptors (Lipinski definition) is 2. The molecule has 0 aromatic heterocycles. The molecule has 0 radical (unpaired) electrons. The molecule has 2 N–H and O–H groups in total. The van der Waals surface area contributed by atoms with Crippen LogP contribution in [0.2, 0.25) is 0 Å². The minimum absolute atomic E-state index is 0.133. The van der Waals surface area contributed by atoms with E-state index in [0.717, 1.165) is 0 Å². The van der Waals surface area contributed by atoms with Gasteiger partial charge in [0.2, 0.25) is 0 Å². The number of nitrogens with two attached hydrogens (primary N) is 1. The summed E-state index contributed by atoms with van der Waals surface area (Å²) in [7, 11) is 0. The topological polar surface area (TPSA) is 26.0 Å². The van der Waals surface area contributed by atoms with Crippen LogP contribution in [0.3, 0.4) is 0 Å². The predicted molar refractivity (Wildman–Crippen MR) is 75.1 cm³/mol. The van der Waals surface area contributed by atoms with E-state index < -0.39 is 0 Å². The van der Waals surface area contributed by atoms with Gasteiger partial charge in [-0.25, -0.2) is 0 Å². The second kappa shape index (κ2) is 4.80. The maximum Gasteiger partial charge on any atom is 0.0289 e. The van der Waals surface area contributed by atoms with Gasteiger partial charge in [-0.05, 0) is 17.9 Å². The highest BCUT2D eigenvalue weighted by Crippen LogP contribution is 2.42. The first-order valence-corrected chi connectivity index (χ1v) is 6.37. The second-order valence-corrected chi connectivity index (χ2v) is 6.19. The molecule has 0 spiro atoms. The molecule has 2 atom stereocenters. The minimum atomic E-state index is -0.289. The van der Waals surface area contributed by atoms with Gasteiger partial charge >= 0.3 is 0 Å². The lowest BCUT2D eigenvalue weighted by Crippen LogP contribution is -2.49. The lowest BCUT2D eigenvalue weighted by molar-refractivity contribution is 0.231. The van der Waals surface area contributed by atoms with E-state index in [9.17, 15) is 0 Å². The molecule has 16 heavy (non-hydrogen) atoms. The van der Waals surface area contributed by atoms with Gasteiger partial charge in [-0.1, -0.05) is 51.1 Å². The van der Waals surface area contributed by atoms with Gasteiger partial charge in [0.15, 0.2) is 0 Å². The average Bonchev–Trinajstić information content (AvgIpc) is 2.17. The predicted octanol–water partition coefficient (Wildman–Crippen LogP) is 3.46. The van der Waals surface area contributed by atoms with Crippen molar-refractivity contribution in [3.8, 4) is 0 Å². The summed E-state index contributed by atoms with van der Waals surface area (Å²) in [5, 5.41) is 0. The van der Waals surface area contributed by atoms with E-state index in [1.807, 2.05) is 6.07 Å². The zero-order valence-electron chi connectivity index (χ0n) is 10.7. The molecule has 0 aliphatic heterocycles. The first kappa shape index (κ1) is 13.6. The molecular formula is C14H23NS. The lowest BCUT2D eigenvalue weighted by Gasteiger charge is -2.42.